The Morgan fingerprint density at radius 3 is 3.00 bits per heavy atom. The molecule has 0 fully saturated rings. The van der Waals surface area contributed by atoms with Crippen molar-refractivity contribution < 1.29 is 4.52 Å². The Morgan fingerprint density at radius 1 is 1.38 bits per heavy atom. The zero-order valence-electron chi connectivity index (χ0n) is 11.4. The molecule has 108 valence electrons. The molecule has 0 aliphatic heterocycles. The van der Waals surface area contributed by atoms with Crippen molar-refractivity contribution in [2.24, 2.45) is 0 Å². The molecule has 7 heteroatoms. The summed E-state index contributed by atoms with van der Waals surface area (Å²) < 4.78 is 6.57. The van der Waals surface area contributed by atoms with Gasteiger partial charge in [-0.05, 0) is 18.2 Å². The fraction of sp³-hybridized carbons (Fsp3) is 0.286. The van der Waals surface area contributed by atoms with Crippen LogP contribution in [0.1, 0.15) is 18.6 Å². The highest BCUT2D eigenvalue weighted by Crippen LogP contribution is 2.14. The Kier molecular flexibility index (Phi) is 3.70. The van der Waals surface area contributed by atoms with Crippen molar-refractivity contribution >= 4 is 22.5 Å². The summed E-state index contributed by atoms with van der Waals surface area (Å²) in [5, 5.41) is 4.89. The second-order valence-corrected chi connectivity index (χ2v) is 5.05. The standard InChI is InChI=1S/C14H13ClN4O2/c1-2-13-17-12(18-21-13)5-6-19-8-16-11-4-3-9(15)7-10(11)14(19)20/h3-4,7-8H,2,5-6H2,1H3. The van der Waals surface area contributed by atoms with Crippen molar-refractivity contribution in [3.05, 3.63) is 51.6 Å². The van der Waals surface area contributed by atoms with Gasteiger partial charge in [-0.1, -0.05) is 23.7 Å². The monoisotopic (exact) mass is 304 g/mol. The number of benzene rings is 1. The summed E-state index contributed by atoms with van der Waals surface area (Å²) in [6.45, 7) is 2.38. The van der Waals surface area contributed by atoms with Gasteiger partial charge in [0, 0.05) is 24.4 Å². The highest BCUT2D eigenvalue weighted by molar-refractivity contribution is 6.31. The van der Waals surface area contributed by atoms with Crippen LogP contribution in [0.3, 0.4) is 0 Å². The maximum Gasteiger partial charge on any atom is 0.261 e. The first-order valence-corrected chi connectivity index (χ1v) is 7.01. The summed E-state index contributed by atoms with van der Waals surface area (Å²) in [7, 11) is 0. The van der Waals surface area contributed by atoms with Gasteiger partial charge < -0.3 is 4.52 Å². The number of hydrogen-bond donors (Lipinski definition) is 0. The van der Waals surface area contributed by atoms with Crippen LogP contribution in [0, 0.1) is 0 Å². The van der Waals surface area contributed by atoms with E-state index in [1.54, 1.807) is 18.2 Å². The van der Waals surface area contributed by atoms with Gasteiger partial charge >= 0.3 is 0 Å². The molecule has 2 aromatic heterocycles. The Labute approximate surface area is 125 Å². The molecule has 2 heterocycles. The van der Waals surface area contributed by atoms with Crippen LogP contribution >= 0.6 is 11.6 Å². The van der Waals surface area contributed by atoms with Gasteiger partial charge in [-0.15, -0.1) is 0 Å². The zero-order chi connectivity index (χ0) is 14.8. The Hall–Kier alpha value is -2.21. The minimum absolute atomic E-state index is 0.123. The van der Waals surface area contributed by atoms with Gasteiger partial charge in [0.25, 0.3) is 5.56 Å². The minimum Gasteiger partial charge on any atom is -0.339 e. The Bertz CT molecular complexity index is 840. The summed E-state index contributed by atoms with van der Waals surface area (Å²) >= 11 is 5.93. The van der Waals surface area contributed by atoms with Crippen LogP contribution in [-0.2, 0) is 19.4 Å². The molecule has 0 unspecified atom stereocenters. The van der Waals surface area contributed by atoms with Crippen molar-refractivity contribution in [1.82, 2.24) is 19.7 Å². The second-order valence-electron chi connectivity index (χ2n) is 4.61. The predicted molar refractivity (Wildman–Crippen MR) is 78.4 cm³/mol. The van der Waals surface area contributed by atoms with E-state index in [-0.39, 0.29) is 5.56 Å². The van der Waals surface area contributed by atoms with E-state index in [1.165, 1.54) is 10.9 Å². The lowest BCUT2D eigenvalue weighted by atomic mass is 10.2. The number of hydrogen-bond acceptors (Lipinski definition) is 5. The molecule has 1 aromatic carbocycles. The van der Waals surface area contributed by atoms with E-state index in [9.17, 15) is 4.79 Å². The lowest BCUT2D eigenvalue weighted by molar-refractivity contribution is 0.375. The van der Waals surface area contributed by atoms with E-state index in [4.69, 9.17) is 16.1 Å². The first kappa shape index (κ1) is 13.8. The molecule has 0 spiro atoms. The molecule has 0 saturated heterocycles. The molecule has 0 N–H and O–H groups in total. The van der Waals surface area contributed by atoms with E-state index in [1.807, 2.05) is 6.92 Å². The van der Waals surface area contributed by atoms with Crippen LogP contribution in [0.25, 0.3) is 10.9 Å². The van der Waals surface area contributed by atoms with E-state index in [2.05, 4.69) is 15.1 Å². The molecule has 0 aliphatic rings. The third-order valence-corrected chi connectivity index (χ3v) is 3.41. The largest absolute Gasteiger partial charge is 0.339 e. The molecule has 0 bridgehead atoms. The molecule has 0 aliphatic carbocycles. The van der Waals surface area contributed by atoms with E-state index >= 15 is 0 Å². The molecular weight excluding hydrogens is 292 g/mol. The zero-order valence-corrected chi connectivity index (χ0v) is 12.2. The lowest BCUT2D eigenvalue weighted by Gasteiger charge is -2.05. The summed E-state index contributed by atoms with van der Waals surface area (Å²) in [5.74, 6) is 1.19. The van der Waals surface area contributed by atoms with Gasteiger partial charge in [-0.2, -0.15) is 4.98 Å². The molecule has 0 saturated carbocycles. The highest BCUT2D eigenvalue weighted by Gasteiger charge is 2.08. The number of rotatable bonds is 4. The first-order chi connectivity index (χ1) is 10.2. The molecule has 6 nitrogen and oxygen atoms in total. The van der Waals surface area contributed by atoms with Gasteiger partial charge in [0.05, 0.1) is 17.2 Å². The van der Waals surface area contributed by atoms with Crippen LogP contribution in [-0.4, -0.2) is 19.7 Å². The normalized spacial score (nSPS) is 11.1. The summed E-state index contributed by atoms with van der Waals surface area (Å²) in [4.78, 5) is 20.8. The molecule has 21 heavy (non-hydrogen) atoms. The molecule has 3 rings (SSSR count). The average molecular weight is 305 g/mol. The number of aryl methyl sites for hydroxylation is 3. The lowest BCUT2D eigenvalue weighted by Crippen LogP contribution is -2.21. The SMILES string of the molecule is CCc1nc(CCn2cnc3ccc(Cl)cc3c2=O)no1. The number of halogens is 1. The summed E-state index contributed by atoms with van der Waals surface area (Å²) in [6, 6.07) is 5.08. The highest BCUT2D eigenvalue weighted by atomic mass is 35.5. The van der Waals surface area contributed by atoms with Crippen LogP contribution in [0.15, 0.2) is 33.8 Å². The molecule has 3 aromatic rings. The van der Waals surface area contributed by atoms with Crippen LogP contribution in [0.4, 0.5) is 0 Å². The fourth-order valence-electron chi connectivity index (χ4n) is 2.05. The van der Waals surface area contributed by atoms with Crippen molar-refractivity contribution in [1.29, 1.82) is 0 Å². The Balaban J connectivity index is 1.87. The van der Waals surface area contributed by atoms with E-state index in [0.29, 0.717) is 47.0 Å². The van der Waals surface area contributed by atoms with Gasteiger partial charge in [0.1, 0.15) is 0 Å². The molecule has 0 atom stereocenters. The van der Waals surface area contributed by atoms with Crippen LogP contribution in [0.2, 0.25) is 5.02 Å². The van der Waals surface area contributed by atoms with Crippen LogP contribution in [0.5, 0.6) is 0 Å². The fourth-order valence-corrected chi connectivity index (χ4v) is 2.22. The predicted octanol–water partition coefficient (Wildman–Crippen LogP) is 2.24. The average Bonchev–Trinajstić information content (AvgIpc) is 2.95. The maximum atomic E-state index is 12.4. The maximum absolute atomic E-state index is 12.4. The Morgan fingerprint density at radius 2 is 2.24 bits per heavy atom. The third-order valence-electron chi connectivity index (χ3n) is 3.17. The molecular formula is C14H13ClN4O2. The van der Waals surface area contributed by atoms with Gasteiger partial charge in [-0.25, -0.2) is 4.98 Å². The number of nitrogens with zero attached hydrogens (tertiary/aromatic N) is 4. The quantitative estimate of drug-likeness (QED) is 0.739. The summed E-state index contributed by atoms with van der Waals surface area (Å²) in [5.41, 5.74) is 0.509. The van der Waals surface area contributed by atoms with E-state index < -0.39 is 0 Å². The number of fused-ring (bicyclic) bond motifs is 1. The summed E-state index contributed by atoms with van der Waals surface area (Å²) in [6.07, 6.45) is 2.74. The van der Waals surface area contributed by atoms with Crippen molar-refractivity contribution in [2.75, 3.05) is 0 Å². The topological polar surface area (TPSA) is 73.8 Å². The van der Waals surface area contributed by atoms with Gasteiger partial charge in [0.15, 0.2) is 5.82 Å². The van der Waals surface area contributed by atoms with E-state index in [0.717, 1.165) is 0 Å². The van der Waals surface area contributed by atoms with Crippen molar-refractivity contribution in [3.8, 4) is 0 Å². The molecule has 0 amide bonds. The third kappa shape index (κ3) is 2.80. The number of aromatic nitrogens is 4. The first-order valence-electron chi connectivity index (χ1n) is 6.63. The van der Waals surface area contributed by atoms with Crippen molar-refractivity contribution in [3.63, 3.8) is 0 Å². The minimum atomic E-state index is -0.123. The smallest absolute Gasteiger partial charge is 0.261 e. The van der Waals surface area contributed by atoms with Gasteiger partial charge in [0.2, 0.25) is 5.89 Å². The van der Waals surface area contributed by atoms with Crippen LogP contribution < -0.4 is 5.56 Å². The van der Waals surface area contributed by atoms with Gasteiger partial charge in [-0.3, -0.25) is 9.36 Å². The molecule has 0 radical (unpaired) electrons. The van der Waals surface area contributed by atoms with Crippen molar-refractivity contribution in [2.45, 2.75) is 26.3 Å². The second kappa shape index (κ2) is 5.65.